The Bertz CT molecular complexity index is 709. The van der Waals surface area contributed by atoms with Crippen LogP contribution in [0.5, 0.6) is 5.75 Å². The van der Waals surface area contributed by atoms with E-state index in [1.54, 1.807) is 0 Å². The van der Waals surface area contributed by atoms with Crippen LogP contribution in [0.2, 0.25) is 0 Å². The summed E-state index contributed by atoms with van der Waals surface area (Å²) in [4.78, 5) is 3.18. The highest BCUT2D eigenvalue weighted by atomic mass is 16.5. The molecule has 0 aliphatic carbocycles. The molecule has 3 rings (SSSR count). The van der Waals surface area contributed by atoms with E-state index in [0.29, 0.717) is 12.6 Å². The van der Waals surface area contributed by atoms with E-state index in [0.717, 1.165) is 35.2 Å². The van der Waals surface area contributed by atoms with Crippen molar-refractivity contribution < 1.29 is 4.74 Å². The molecule has 4 heteroatoms. The smallest absolute Gasteiger partial charge is 0.132 e. The number of nitrogens with one attached hydrogen (secondary N) is 1. The fourth-order valence-corrected chi connectivity index (χ4v) is 2.60. The highest BCUT2D eigenvalue weighted by molar-refractivity contribution is 5.80. The van der Waals surface area contributed by atoms with E-state index in [-0.39, 0.29) is 0 Å². The van der Waals surface area contributed by atoms with Crippen molar-refractivity contribution >= 4 is 10.9 Å². The van der Waals surface area contributed by atoms with Crippen LogP contribution in [-0.4, -0.2) is 14.8 Å². The maximum atomic E-state index is 5.84. The Balaban J connectivity index is 1.67. The van der Waals surface area contributed by atoms with Gasteiger partial charge in [0.25, 0.3) is 0 Å². The Kier molecular flexibility index (Phi) is 3.95. The molecule has 21 heavy (non-hydrogen) atoms. The molecule has 0 amide bonds. The number of ether oxygens (including phenoxy) is 1. The van der Waals surface area contributed by atoms with Crippen LogP contribution in [0.25, 0.3) is 10.9 Å². The van der Waals surface area contributed by atoms with E-state index >= 15 is 0 Å². The monoisotopic (exact) mass is 283 g/mol. The number of nitrogens with zero attached hydrogens (tertiary/aromatic N) is 2. The van der Waals surface area contributed by atoms with E-state index in [2.05, 4.69) is 23.9 Å². The molecule has 0 bridgehead atoms. The fourth-order valence-electron chi connectivity index (χ4n) is 2.60. The van der Waals surface area contributed by atoms with E-state index in [4.69, 9.17) is 4.74 Å². The number of aromatic amines is 1. The second kappa shape index (κ2) is 6.04. The van der Waals surface area contributed by atoms with Crippen LogP contribution in [0.3, 0.4) is 0 Å². The third kappa shape index (κ3) is 2.94. The lowest BCUT2D eigenvalue weighted by Crippen LogP contribution is -2.08. The minimum Gasteiger partial charge on any atom is -0.487 e. The summed E-state index contributed by atoms with van der Waals surface area (Å²) in [6.45, 7) is 4.89. The van der Waals surface area contributed by atoms with Gasteiger partial charge in [0, 0.05) is 23.3 Å². The Labute approximate surface area is 124 Å². The van der Waals surface area contributed by atoms with Gasteiger partial charge in [-0.15, -0.1) is 0 Å². The first-order chi connectivity index (χ1) is 10.3. The molecule has 0 saturated heterocycles. The summed E-state index contributed by atoms with van der Waals surface area (Å²) in [6, 6.07) is 10.6. The molecule has 0 aliphatic rings. The zero-order valence-electron chi connectivity index (χ0n) is 12.5. The van der Waals surface area contributed by atoms with Crippen molar-refractivity contribution in [2.45, 2.75) is 39.3 Å². The Morgan fingerprint density at radius 2 is 2.05 bits per heavy atom. The molecule has 2 aromatic heterocycles. The van der Waals surface area contributed by atoms with Gasteiger partial charge in [0.15, 0.2) is 0 Å². The van der Waals surface area contributed by atoms with Crippen molar-refractivity contribution in [3.63, 3.8) is 0 Å². The van der Waals surface area contributed by atoms with Gasteiger partial charge < -0.3 is 9.72 Å². The van der Waals surface area contributed by atoms with Crippen molar-refractivity contribution in [1.29, 1.82) is 0 Å². The van der Waals surface area contributed by atoms with Crippen LogP contribution in [-0.2, 0) is 6.61 Å². The van der Waals surface area contributed by atoms with Gasteiger partial charge in [-0.1, -0.05) is 13.8 Å². The zero-order valence-corrected chi connectivity index (χ0v) is 12.5. The van der Waals surface area contributed by atoms with Crippen LogP contribution in [0, 0.1) is 0 Å². The maximum Gasteiger partial charge on any atom is 0.132 e. The first-order valence-electron chi connectivity index (χ1n) is 7.54. The summed E-state index contributed by atoms with van der Waals surface area (Å²) in [5.74, 6) is 0.874. The highest BCUT2D eigenvalue weighted by Crippen LogP contribution is 2.21. The summed E-state index contributed by atoms with van der Waals surface area (Å²) in [5, 5.41) is 5.77. The molecule has 0 radical (unpaired) electrons. The second-order valence-corrected chi connectivity index (χ2v) is 5.27. The number of H-pyrrole nitrogens is 1. The fraction of sp³-hybridized carbons (Fsp3) is 0.353. The van der Waals surface area contributed by atoms with Crippen LogP contribution < -0.4 is 4.74 Å². The van der Waals surface area contributed by atoms with Gasteiger partial charge in [0.2, 0.25) is 0 Å². The van der Waals surface area contributed by atoms with Crippen LogP contribution in [0.15, 0.2) is 42.7 Å². The molecule has 0 unspecified atom stereocenters. The average Bonchev–Trinajstić information content (AvgIpc) is 3.15. The van der Waals surface area contributed by atoms with E-state index < -0.39 is 0 Å². The number of benzene rings is 1. The van der Waals surface area contributed by atoms with Gasteiger partial charge >= 0.3 is 0 Å². The van der Waals surface area contributed by atoms with Gasteiger partial charge in [-0.2, -0.15) is 5.10 Å². The van der Waals surface area contributed by atoms with E-state index in [1.807, 2.05) is 47.4 Å². The molecule has 0 atom stereocenters. The summed E-state index contributed by atoms with van der Waals surface area (Å²) in [5.41, 5.74) is 2.09. The highest BCUT2D eigenvalue weighted by Gasteiger charge is 2.08. The van der Waals surface area contributed by atoms with E-state index in [9.17, 15) is 0 Å². The topological polar surface area (TPSA) is 42.8 Å². The van der Waals surface area contributed by atoms with Crippen molar-refractivity contribution in [3.8, 4) is 5.75 Å². The lowest BCUT2D eigenvalue weighted by Gasteiger charge is -2.12. The molecule has 0 saturated carbocycles. The first-order valence-corrected chi connectivity index (χ1v) is 7.54. The Morgan fingerprint density at radius 1 is 1.19 bits per heavy atom. The molecule has 0 fully saturated rings. The summed E-state index contributed by atoms with van der Waals surface area (Å²) < 4.78 is 7.89. The minimum atomic E-state index is 0.481. The SMILES string of the molecule is CCC(CC)n1ccc(COc2ccc3[nH]ccc3c2)n1. The van der Waals surface area contributed by atoms with Crippen LogP contribution in [0.4, 0.5) is 0 Å². The molecule has 0 spiro atoms. The standard InChI is InChI=1S/C17H21N3O/c1-3-15(4-2)20-10-8-14(19-20)12-21-16-5-6-17-13(11-16)7-9-18-17/h5-11,15,18H,3-4,12H2,1-2H3. The number of hydrogen-bond acceptors (Lipinski definition) is 2. The lowest BCUT2D eigenvalue weighted by molar-refractivity contribution is 0.297. The predicted octanol–water partition coefficient (Wildman–Crippen LogP) is 4.30. The third-order valence-corrected chi connectivity index (χ3v) is 3.89. The molecule has 1 N–H and O–H groups in total. The zero-order chi connectivity index (χ0) is 14.7. The van der Waals surface area contributed by atoms with Gasteiger partial charge in [0.05, 0.1) is 11.7 Å². The normalized spacial score (nSPS) is 11.4. The first kappa shape index (κ1) is 13.7. The third-order valence-electron chi connectivity index (χ3n) is 3.89. The molecule has 2 heterocycles. The number of rotatable bonds is 6. The minimum absolute atomic E-state index is 0.481. The average molecular weight is 283 g/mol. The van der Waals surface area contributed by atoms with Crippen LogP contribution in [0.1, 0.15) is 38.4 Å². The molecule has 110 valence electrons. The number of hydrogen-bond donors (Lipinski definition) is 1. The molecular weight excluding hydrogens is 262 g/mol. The largest absolute Gasteiger partial charge is 0.487 e. The Morgan fingerprint density at radius 3 is 2.86 bits per heavy atom. The second-order valence-electron chi connectivity index (χ2n) is 5.27. The maximum absolute atomic E-state index is 5.84. The number of aromatic nitrogens is 3. The summed E-state index contributed by atoms with van der Waals surface area (Å²) >= 11 is 0. The van der Waals surface area contributed by atoms with Gasteiger partial charge in [0.1, 0.15) is 12.4 Å². The van der Waals surface area contributed by atoms with Crippen LogP contribution >= 0.6 is 0 Å². The number of fused-ring (bicyclic) bond motifs is 1. The van der Waals surface area contributed by atoms with Gasteiger partial charge in [-0.3, -0.25) is 4.68 Å². The summed E-state index contributed by atoms with van der Waals surface area (Å²) in [6.07, 6.45) is 6.18. The summed E-state index contributed by atoms with van der Waals surface area (Å²) in [7, 11) is 0. The molecule has 1 aromatic carbocycles. The van der Waals surface area contributed by atoms with Crippen molar-refractivity contribution in [3.05, 3.63) is 48.4 Å². The van der Waals surface area contributed by atoms with Crippen molar-refractivity contribution in [1.82, 2.24) is 14.8 Å². The predicted molar refractivity (Wildman–Crippen MR) is 84.5 cm³/mol. The van der Waals surface area contributed by atoms with E-state index in [1.165, 1.54) is 0 Å². The molecular formula is C17H21N3O. The van der Waals surface area contributed by atoms with Gasteiger partial charge in [-0.05, 0) is 43.2 Å². The molecule has 3 aromatic rings. The van der Waals surface area contributed by atoms with Crippen molar-refractivity contribution in [2.24, 2.45) is 0 Å². The quantitative estimate of drug-likeness (QED) is 0.732. The Hall–Kier alpha value is -2.23. The van der Waals surface area contributed by atoms with Gasteiger partial charge in [-0.25, -0.2) is 0 Å². The lowest BCUT2D eigenvalue weighted by atomic mass is 10.2. The van der Waals surface area contributed by atoms with Crippen molar-refractivity contribution in [2.75, 3.05) is 0 Å². The molecule has 4 nitrogen and oxygen atoms in total. The molecule has 0 aliphatic heterocycles.